The van der Waals surface area contributed by atoms with Crippen molar-refractivity contribution >= 4 is 11.6 Å². The molecule has 0 unspecified atom stereocenters. The van der Waals surface area contributed by atoms with Crippen LogP contribution in [0.15, 0.2) is 18.2 Å². The summed E-state index contributed by atoms with van der Waals surface area (Å²) in [6.07, 6.45) is 2.07. The van der Waals surface area contributed by atoms with Gasteiger partial charge in [0.2, 0.25) is 5.91 Å². The number of carbonyl (C=O) groups excluding carboxylic acids is 1. The summed E-state index contributed by atoms with van der Waals surface area (Å²) in [7, 11) is 3.86. The van der Waals surface area contributed by atoms with Crippen LogP contribution in [-0.4, -0.2) is 50.3 Å². The highest BCUT2D eigenvalue weighted by atomic mass is 16.5. The van der Waals surface area contributed by atoms with Crippen molar-refractivity contribution < 1.29 is 14.3 Å². The molecule has 1 aliphatic rings. The maximum absolute atomic E-state index is 12.5. The number of nitrogens with zero attached hydrogens (tertiary/aromatic N) is 1. The van der Waals surface area contributed by atoms with Gasteiger partial charge in [0, 0.05) is 18.5 Å². The van der Waals surface area contributed by atoms with Gasteiger partial charge in [0.05, 0.1) is 19.3 Å². The molecule has 1 atom stereocenters. The van der Waals surface area contributed by atoms with Crippen LogP contribution < -0.4 is 10.1 Å². The number of anilines is 1. The highest BCUT2D eigenvalue weighted by molar-refractivity contribution is 5.95. The fourth-order valence-corrected chi connectivity index (χ4v) is 3.18. The second-order valence-corrected chi connectivity index (χ2v) is 7.05. The molecule has 2 rings (SSSR count). The van der Waals surface area contributed by atoms with Crippen molar-refractivity contribution in [1.82, 2.24) is 4.90 Å². The third kappa shape index (κ3) is 4.95. The molecule has 1 heterocycles. The molecule has 1 aromatic carbocycles. The van der Waals surface area contributed by atoms with E-state index < -0.39 is 0 Å². The lowest BCUT2D eigenvalue weighted by molar-refractivity contribution is -0.121. The normalized spacial score (nSPS) is 17.1. The fraction of sp³-hybridized carbons (Fsp3) is 0.632. The van der Waals surface area contributed by atoms with Gasteiger partial charge in [-0.3, -0.25) is 9.69 Å². The molecule has 1 aromatic rings. The minimum absolute atomic E-state index is 0.0208. The Morgan fingerprint density at radius 1 is 1.29 bits per heavy atom. The van der Waals surface area contributed by atoms with E-state index in [0.29, 0.717) is 0 Å². The summed E-state index contributed by atoms with van der Waals surface area (Å²) in [5.41, 5.74) is 1.84. The summed E-state index contributed by atoms with van der Waals surface area (Å²) in [5.74, 6) is 1.15. The summed E-state index contributed by atoms with van der Waals surface area (Å²) in [4.78, 5) is 14.5. The first-order valence-electron chi connectivity index (χ1n) is 8.71. The van der Waals surface area contributed by atoms with Gasteiger partial charge >= 0.3 is 0 Å². The van der Waals surface area contributed by atoms with E-state index in [0.717, 1.165) is 43.1 Å². The van der Waals surface area contributed by atoms with Crippen molar-refractivity contribution in [3.05, 3.63) is 23.8 Å². The van der Waals surface area contributed by atoms with Gasteiger partial charge in [0.25, 0.3) is 0 Å². The van der Waals surface area contributed by atoms with E-state index >= 15 is 0 Å². The number of aryl methyl sites for hydroxylation is 1. The number of amides is 1. The molecule has 1 N–H and O–H groups in total. The van der Waals surface area contributed by atoms with Crippen LogP contribution in [0.1, 0.15) is 32.3 Å². The molecule has 1 fully saturated rings. The summed E-state index contributed by atoms with van der Waals surface area (Å²) in [6, 6.07) is 5.68. The maximum atomic E-state index is 12.5. The number of rotatable bonds is 6. The van der Waals surface area contributed by atoms with Gasteiger partial charge < -0.3 is 14.8 Å². The third-order valence-electron chi connectivity index (χ3n) is 4.36. The molecule has 24 heavy (non-hydrogen) atoms. The van der Waals surface area contributed by atoms with E-state index in [4.69, 9.17) is 9.47 Å². The number of carbonyl (C=O) groups is 1. The quantitative estimate of drug-likeness (QED) is 0.869. The van der Waals surface area contributed by atoms with E-state index in [2.05, 4.69) is 19.2 Å². The Morgan fingerprint density at radius 2 is 1.96 bits per heavy atom. The zero-order valence-electron chi connectivity index (χ0n) is 15.5. The lowest BCUT2D eigenvalue weighted by atomic mass is 10.0. The Bertz CT molecular complexity index is 544. The van der Waals surface area contributed by atoms with E-state index in [9.17, 15) is 4.79 Å². The van der Waals surface area contributed by atoms with Crippen LogP contribution in [0.4, 0.5) is 5.69 Å². The van der Waals surface area contributed by atoms with Crippen molar-refractivity contribution in [3.63, 3.8) is 0 Å². The first kappa shape index (κ1) is 18.7. The van der Waals surface area contributed by atoms with Crippen molar-refractivity contribution in [2.45, 2.75) is 45.8 Å². The van der Waals surface area contributed by atoms with Gasteiger partial charge in [-0.2, -0.15) is 0 Å². The SMILES string of the molecule is Cc1cc(NC(=O)[C@H](C(C)C)N(C)C)ccc1OC1CCOCC1. The minimum Gasteiger partial charge on any atom is -0.490 e. The Hall–Kier alpha value is -1.59. The molecule has 1 saturated heterocycles. The summed E-state index contributed by atoms with van der Waals surface area (Å²) in [5, 5.41) is 3.02. The van der Waals surface area contributed by atoms with Crippen LogP contribution in [0, 0.1) is 12.8 Å². The molecule has 0 aliphatic carbocycles. The van der Waals surface area contributed by atoms with Gasteiger partial charge in [-0.25, -0.2) is 0 Å². The Labute approximate surface area is 145 Å². The number of likely N-dealkylation sites (N-methyl/N-ethyl adjacent to an activating group) is 1. The zero-order chi connectivity index (χ0) is 17.7. The molecule has 1 amide bonds. The lowest BCUT2D eigenvalue weighted by Crippen LogP contribution is -2.43. The van der Waals surface area contributed by atoms with Crippen molar-refractivity contribution in [2.24, 2.45) is 5.92 Å². The number of benzene rings is 1. The van der Waals surface area contributed by atoms with E-state index in [1.807, 2.05) is 44.1 Å². The predicted molar refractivity (Wildman–Crippen MR) is 96.6 cm³/mol. The monoisotopic (exact) mass is 334 g/mol. The Balaban J connectivity index is 2.02. The Kier molecular flexibility index (Phi) is 6.63. The largest absolute Gasteiger partial charge is 0.490 e. The number of nitrogens with one attached hydrogen (secondary N) is 1. The van der Waals surface area contributed by atoms with Crippen LogP contribution in [-0.2, 0) is 9.53 Å². The molecule has 5 heteroatoms. The highest BCUT2D eigenvalue weighted by Gasteiger charge is 2.24. The lowest BCUT2D eigenvalue weighted by Gasteiger charge is -2.27. The number of ether oxygens (including phenoxy) is 2. The van der Waals surface area contributed by atoms with Gasteiger partial charge in [-0.1, -0.05) is 13.8 Å². The molecule has 134 valence electrons. The van der Waals surface area contributed by atoms with Crippen molar-refractivity contribution in [2.75, 3.05) is 32.6 Å². The second kappa shape index (κ2) is 8.49. The molecule has 5 nitrogen and oxygen atoms in total. The van der Waals surface area contributed by atoms with Crippen LogP contribution in [0.25, 0.3) is 0 Å². The topological polar surface area (TPSA) is 50.8 Å². The molecule has 0 bridgehead atoms. The van der Waals surface area contributed by atoms with Crippen LogP contribution in [0.2, 0.25) is 0 Å². The predicted octanol–water partition coefficient (Wildman–Crippen LogP) is 3.08. The third-order valence-corrected chi connectivity index (χ3v) is 4.36. The molecular formula is C19H30N2O3. The average Bonchev–Trinajstić information content (AvgIpc) is 2.50. The molecule has 0 saturated carbocycles. The number of hydrogen-bond acceptors (Lipinski definition) is 4. The first-order chi connectivity index (χ1) is 11.4. The highest BCUT2D eigenvalue weighted by Crippen LogP contribution is 2.25. The minimum atomic E-state index is -0.150. The van der Waals surface area contributed by atoms with Crippen molar-refractivity contribution in [3.8, 4) is 5.75 Å². The Morgan fingerprint density at radius 3 is 2.50 bits per heavy atom. The van der Waals surface area contributed by atoms with E-state index in [1.165, 1.54) is 0 Å². The summed E-state index contributed by atoms with van der Waals surface area (Å²) < 4.78 is 11.4. The number of hydrogen-bond donors (Lipinski definition) is 1. The fourth-order valence-electron chi connectivity index (χ4n) is 3.18. The van der Waals surface area contributed by atoms with E-state index in [1.54, 1.807) is 0 Å². The van der Waals surface area contributed by atoms with Gasteiger partial charge in [0.15, 0.2) is 0 Å². The van der Waals surface area contributed by atoms with Gasteiger partial charge in [-0.05, 0) is 50.7 Å². The molecule has 0 aromatic heterocycles. The van der Waals surface area contributed by atoms with Gasteiger partial charge in [0.1, 0.15) is 11.9 Å². The molecule has 0 radical (unpaired) electrons. The standard InChI is InChI=1S/C19H30N2O3/c1-13(2)18(21(4)5)19(22)20-15-6-7-17(14(3)12-15)24-16-8-10-23-11-9-16/h6-7,12-13,16,18H,8-11H2,1-5H3,(H,20,22)/t18-/m0/s1. The summed E-state index contributed by atoms with van der Waals surface area (Å²) in [6.45, 7) is 7.65. The average molecular weight is 334 g/mol. The van der Waals surface area contributed by atoms with Gasteiger partial charge in [-0.15, -0.1) is 0 Å². The van der Waals surface area contributed by atoms with E-state index in [-0.39, 0.29) is 24.0 Å². The maximum Gasteiger partial charge on any atom is 0.241 e. The second-order valence-electron chi connectivity index (χ2n) is 7.05. The summed E-state index contributed by atoms with van der Waals surface area (Å²) >= 11 is 0. The smallest absolute Gasteiger partial charge is 0.241 e. The molecule has 1 aliphatic heterocycles. The van der Waals surface area contributed by atoms with Crippen LogP contribution in [0.5, 0.6) is 5.75 Å². The molecular weight excluding hydrogens is 304 g/mol. The van der Waals surface area contributed by atoms with Crippen LogP contribution in [0.3, 0.4) is 0 Å². The molecule has 0 spiro atoms. The van der Waals surface area contributed by atoms with Crippen molar-refractivity contribution in [1.29, 1.82) is 0 Å². The van der Waals surface area contributed by atoms with Crippen LogP contribution >= 0.6 is 0 Å². The first-order valence-corrected chi connectivity index (χ1v) is 8.71. The zero-order valence-corrected chi connectivity index (χ0v) is 15.5.